The van der Waals surface area contributed by atoms with E-state index >= 15 is 0 Å². The largest absolute Gasteiger partial charge is 0.380 e. The van der Waals surface area contributed by atoms with Gasteiger partial charge in [-0.2, -0.15) is 0 Å². The van der Waals surface area contributed by atoms with Gasteiger partial charge < -0.3 is 14.4 Å². The third-order valence-electron chi connectivity index (χ3n) is 3.75. The Bertz CT molecular complexity index is 196. The van der Waals surface area contributed by atoms with Crippen molar-refractivity contribution in [2.24, 2.45) is 5.41 Å². The fraction of sp³-hybridized carbons (Fsp3) is 0.917. The Hall–Kier alpha value is -0.410. The Morgan fingerprint density at radius 2 is 2.13 bits per heavy atom. The first-order valence-corrected chi connectivity index (χ1v) is 5.91. The molecule has 0 bridgehead atoms. The lowest BCUT2D eigenvalue weighted by atomic mass is 9.83. The Morgan fingerprint density at radius 1 is 1.47 bits per heavy atom. The van der Waals surface area contributed by atoms with Crippen LogP contribution in [0, 0.1) is 5.41 Å². The number of rotatable bonds is 6. The van der Waals surface area contributed by atoms with Crippen LogP contribution in [0.4, 0.5) is 0 Å². The molecule has 0 aliphatic carbocycles. The lowest BCUT2D eigenvalue weighted by Gasteiger charge is -2.33. The molecule has 0 spiro atoms. The minimum atomic E-state index is -0.155. The summed E-state index contributed by atoms with van der Waals surface area (Å²) >= 11 is 0. The van der Waals surface area contributed by atoms with Crippen molar-refractivity contribution >= 4 is 6.29 Å². The molecule has 1 saturated heterocycles. The molecule has 3 nitrogen and oxygen atoms in total. The smallest absolute Gasteiger partial charge is 0.127 e. The van der Waals surface area contributed by atoms with E-state index < -0.39 is 0 Å². The van der Waals surface area contributed by atoms with Crippen LogP contribution in [0.5, 0.6) is 0 Å². The molecule has 1 rings (SSSR count). The minimum absolute atomic E-state index is 0.155. The molecule has 1 unspecified atom stereocenters. The van der Waals surface area contributed by atoms with Crippen molar-refractivity contribution in [3.63, 3.8) is 0 Å². The van der Waals surface area contributed by atoms with Crippen LogP contribution in [0.3, 0.4) is 0 Å². The second-order valence-corrected chi connectivity index (χ2v) is 4.62. The Morgan fingerprint density at radius 3 is 2.53 bits per heavy atom. The first-order chi connectivity index (χ1) is 7.17. The fourth-order valence-corrected chi connectivity index (χ4v) is 2.17. The zero-order chi connectivity index (χ0) is 11.3. The van der Waals surface area contributed by atoms with Gasteiger partial charge in [-0.25, -0.2) is 0 Å². The third-order valence-corrected chi connectivity index (χ3v) is 3.75. The van der Waals surface area contributed by atoms with Gasteiger partial charge in [0.2, 0.25) is 0 Å². The zero-order valence-corrected chi connectivity index (χ0v) is 10.2. The molecule has 1 fully saturated rings. The van der Waals surface area contributed by atoms with Gasteiger partial charge in [-0.3, -0.25) is 0 Å². The molecule has 0 amide bonds. The summed E-state index contributed by atoms with van der Waals surface area (Å²) < 4.78 is 5.36. The molecule has 1 aliphatic heterocycles. The number of ether oxygens (including phenoxy) is 1. The van der Waals surface area contributed by atoms with E-state index in [1.165, 1.54) is 0 Å². The van der Waals surface area contributed by atoms with Gasteiger partial charge in [-0.1, -0.05) is 13.8 Å². The van der Waals surface area contributed by atoms with E-state index in [2.05, 4.69) is 25.8 Å². The summed E-state index contributed by atoms with van der Waals surface area (Å²) in [4.78, 5) is 13.5. The van der Waals surface area contributed by atoms with Gasteiger partial charge in [0.05, 0.1) is 6.61 Å². The molecule has 3 heteroatoms. The Labute approximate surface area is 92.8 Å². The molecule has 88 valence electrons. The molecule has 1 aliphatic rings. The molecule has 0 radical (unpaired) electrons. The molecule has 15 heavy (non-hydrogen) atoms. The van der Waals surface area contributed by atoms with E-state index in [0.717, 1.165) is 45.3 Å². The van der Waals surface area contributed by atoms with Gasteiger partial charge in [0.25, 0.3) is 0 Å². The van der Waals surface area contributed by atoms with Crippen LogP contribution in [0.25, 0.3) is 0 Å². The first-order valence-electron chi connectivity index (χ1n) is 5.91. The van der Waals surface area contributed by atoms with Crippen molar-refractivity contribution in [1.29, 1.82) is 0 Å². The second kappa shape index (κ2) is 5.61. The van der Waals surface area contributed by atoms with E-state index in [4.69, 9.17) is 4.74 Å². The van der Waals surface area contributed by atoms with Crippen molar-refractivity contribution in [3.05, 3.63) is 0 Å². The quantitative estimate of drug-likeness (QED) is 0.629. The highest BCUT2D eigenvalue weighted by Gasteiger charge is 2.30. The second-order valence-electron chi connectivity index (χ2n) is 4.62. The number of hydrogen-bond donors (Lipinski definition) is 0. The van der Waals surface area contributed by atoms with Crippen molar-refractivity contribution in [2.45, 2.75) is 39.2 Å². The van der Waals surface area contributed by atoms with Gasteiger partial charge >= 0.3 is 0 Å². The Balaban J connectivity index is 2.52. The van der Waals surface area contributed by atoms with Crippen LogP contribution in [0.15, 0.2) is 0 Å². The lowest BCUT2D eigenvalue weighted by molar-refractivity contribution is -0.117. The first kappa shape index (κ1) is 12.7. The van der Waals surface area contributed by atoms with Gasteiger partial charge in [0, 0.05) is 24.6 Å². The van der Waals surface area contributed by atoms with E-state index in [9.17, 15) is 4.79 Å². The van der Waals surface area contributed by atoms with Gasteiger partial charge in [0.1, 0.15) is 6.29 Å². The topological polar surface area (TPSA) is 29.5 Å². The van der Waals surface area contributed by atoms with Crippen LogP contribution in [-0.2, 0) is 9.53 Å². The predicted molar refractivity (Wildman–Crippen MR) is 60.9 cm³/mol. The fourth-order valence-electron chi connectivity index (χ4n) is 2.17. The van der Waals surface area contributed by atoms with E-state index in [1.54, 1.807) is 0 Å². The normalized spacial score (nSPS) is 22.3. The summed E-state index contributed by atoms with van der Waals surface area (Å²) in [5, 5.41) is 0. The summed E-state index contributed by atoms with van der Waals surface area (Å²) in [6, 6.07) is 0.502. The van der Waals surface area contributed by atoms with Crippen LogP contribution in [0.1, 0.15) is 33.1 Å². The summed E-state index contributed by atoms with van der Waals surface area (Å²) in [5.74, 6) is 0. The number of carbonyl (C=O) groups is 1. The summed E-state index contributed by atoms with van der Waals surface area (Å²) in [6.45, 7) is 6.73. The van der Waals surface area contributed by atoms with Crippen LogP contribution in [0.2, 0.25) is 0 Å². The van der Waals surface area contributed by atoms with E-state index in [1.807, 2.05) is 0 Å². The number of aldehydes is 1. The highest BCUT2D eigenvalue weighted by atomic mass is 16.5. The number of nitrogens with zero attached hydrogens (tertiary/aromatic N) is 1. The van der Waals surface area contributed by atoms with Crippen molar-refractivity contribution in [1.82, 2.24) is 4.90 Å². The lowest BCUT2D eigenvalue weighted by Crippen LogP contribution is -2.42. The molecule has 0 saturated carbocycles. The minimum Gasteiger partial charge on any atom is -0.380 e. The monoisotopic (exact) mass is 213 g/mol. The maximum absolute atomic E-state index is 11.2. The highest BCUT2D eigenvalue weighted by Crippen LogP contribution is 2.26. The van der Waals surface area contributed by atoms with Gasteiger partial charge in [-0.15, -0.1) is 0 Å². The molecular formula is C12H23NO2. The zero-order valence-electron chi connectivity index (χ0n) is 10.2. The van der Waals surface area contributed by atoms with Crippen LogP contribution < -0.4 is 0 Å². The third kappa shape index (κ3) is 3.02. The number of hydrogen-bond acceptors (Lipinski definition) is 3. The molecule has 1 heterocycles. The molecule has 0 N–H and O–H groups in total. The van der Waals surface area contributed by atoms with Crippen molar-refractivity contribution < 1.29 is 9.53 Å². The summed E-state index contributed by atoms with van der Waals surface area (Å²) in [7, 11) is 2.10. The molecule has 0 aromatic heterocycles. The highest BCUT2D eigenvalue weighted by molar-refractivity contribution is 5.59. The average Bonchev–Trinajstić information content (AvgIpc) is 2.79. The van der Waals surface area contributed by atoms with Crippen molar-refractivity contribution in [3.8, 4) is 0 Å². The molecular weight excluding hydrogens is 190 g/mol. The maximum atomic E-state index is 11.2. The maximum Gasteiger partial charge on any atom is 0.127 e. The molecule has 1 atom stereocenters. The van der Waals surface area contributed by atoms with Gasteiger partial charge in [0.15, 0.2) is 0 Å². The number of likely N-dealkylation sites (N-methyl/N-ethyl adjacent to an activating group) is 1. The molecule has 0 aromatic rings. The summed E-state index contributed by atoms with van der Waals surface area (Å²) in [6.07, 6.45) is 4.08. The van der Waals surface area contributed by atoms with Crippen molar-refractivity contribution in [2.75, 3.05) is 26.8 Å². The standard InChI is InChI=1S/C12H23NO2/c1-4-12(5-2,10-14)9-13(3)11-6-7-15-8-11/h10-11H,4-9H2,1-3H3. The number of carbonyl (C=O) groups excluding carboxylic acids is 1. The van der Waals surface area contributed by atoms with E-state index in [-0.39, 0.29) is 5.41 Å². The van der Waals surface area contributed by atoms with Crippen LogP contribution >= 0.6 is 0 Å². The Kier molecular flexibility index (Phi) is 4.74. The molecule has 0 aromatic carbocycles. The predicted octanol–water partition coefficient (Wildman–Crippen LogP) is 1.71. The average molecular weight is 213 g/mol. The summed E-state index contributed by atoms with van der Waals surface area (Å²) in [5.41, 5.74) is -0.155. The van der Waals surface area contributed by atoms with Gasteiger partial charge in [-0.05, 0) is 26.3 Å². The van der Waals surface area contributed by atoms with Crippen LogP contribution in [-0.4, -0.2) is 44.0 Å². The SMILES string of the molecule is CCC(C=O)(CC)CN(C)C1CCOC1. The van der Waals surface area contributed by atoms with E-state index in [0.29, 0.717) is 6.04 Å².